The van der Waals surface area contributed by atoms with Gasteiger partial charge in [-0.25, -0.2) is 4.79 Å². The number of rotatable bonds is 5. The smallest absolute Gasteiger partial charge is 0.339 e. The molecule has 31 heavy (non-hydrogen) atoms. The van der Waals surface area contributed by atoms with Crippen LogP contribution < -0.4 is 4.90 Å². The number of carbonyl (C=O) groups is 2. The Morgan fingerprint density at radius 3 is 2.39 bits per heavy atom. The van der Waals surface area contributed by atoms with E-state index in [-0.39, 0.29) is 23.6 Å². The first-order valence-corrected chi connectivity index (χ1v) is 9.68. The van der Waals surface area contributed by atoms with Gasteiger partial charge in [0, 0.05) is 30.7 Å². The predicted molar refractivity (Wildman–Crippen MR) is 117 cm³/mol. The minimum Gasteiger partial charge on any atom is -0.457 e. The highest BCUT2D eigenvalue weighted by Gasteiger charge is 2.22. The molecule has 0 N–H and O–H groups in total. The van der Waals surface area contributed by atoms with Crippen LogP contribution in [0.3, 0.4) is 0 Å². The summed E-state index contributed by atoms with van der Waals surface area (Å²) in [6, 6.07) is 23.5. The maximum atomic E-state index is 13.0. The highest BCUT2D eigenvalue weighted by molar-refractivity contribution is 6.11. The van der Waals surface area contributed by atoms with E-state index in [2.05, 4.69) is 6.07 Å². The van der Waals surface area contributed by atoms with Gasteiger partial charge >= 0.3 is 5.97 Å². The van der Waals surface area contributed by atoms with Crippen LogP contribution in [0.2, 0.25) is 0 Å². The second-order valence-electron chi connectivity index (χ2n) is 6.96. The minimum absolute atomic E-state index is 0.0690. The van der Waals surface area contributed by atoms with Crippen LogP contribution >= 0.6 is 0 Å². The maximum Gasteiger partial charge on any atom is 0.339 e. The lowest BCUT2D eigenvalue weighted by Gasteiger charge is -2.18. The van der Waals surface area contributed by atoms with Crippen molar-refractivity contribution in [3.05, 3.63) is 107 Å². The van der Waals surface area contributed by atoms with E-state index in [9.17, 15) is 14.9 Å². The molecule has 0 bridgehead atoms. The zero-order valence-electron chi connectivity index (χ0n) is 16.9. The van der Waals surface area contributed by atoms with Crippen LogP contribution in [0.5, 0.6) is 0 Å². The first kappa shape index (κ1) is 19.9. The molecule has 2 aromatic heterocycles. The molecule has 0 saturated heterocycles. The summed E-state index contributed by atoms with van der Waals surface area (Å²) in [6.07, 6.45) is 3.59. The molecule has 2 heterocycles. The zero-order valence-corrected chi connectivity index (χ0v) is 16.9. The number of nitrogens with zero attached hydrogens (tertiary/aromatic N) is 3. The Morgan fingerprint density at radius 2 is 1.65 bits per heavy atom. The summed E-state index contributed by atoms with van der Waals surface area (Å²) in [5, 5.41) is 9.52. The van der Waals surface area contributed by atoms with Gasteiger partial charge in [-0.05, 0) is 36.4 Å². The molecule has 4 aromatic rings. The van der Waals surface area contributed by atoms with Gasteiger partial charge in [0.25, 0.3) is 5.91 Å². The second-order valence-corrected chi connectivity index (χ2v) is 6.96. The lowest BCUT2D eigenvalue weighted by atomic mass is 10.1. The SMILES string of the molecule is CN(C(=O)c1ccccc1C(=O)OCc1cn2ccccc2c1C#N)c1ccccc1. The molecule has 0 atom stereocenters. The fourth-order valence-electron chi connectivity index (χ4n) is 3.43. The zero-order chi connectivity index (χ0) is 21.8. The van der Waals surface area contributed by atoms with Crippen molar-refractivity contribution in [2.45, 2.75) is 6.61 Å². The molecule has 0 aliphatic rings. The molecular weight excluding hydrogens is 390 g/mol. The fraction of sp³-hybridized carbons (Fsp3) is 0.0800. The summed E-state index contributed by atoms with van der Waals surface area (Å²) >= 11 is 0. The molecule has 6 heteroatoms. The van der Waals surface area contributed by atoms with Crippen molar-refractivity contribution >= 4 is 23.1 Å². The van der Waals surface area contributed by atoms with Crippen molar-refractivity contribution in [2.75, 3.05) is 11.9 Å². The number of carbonyl (C=O) groups excluding carboxylic acids is 2. The number of esters is 1. The number of para-hydroxylation sites is 1. The minimum atomic E-state index is -0.621. The van der Waals surface area contributed by atoms with E-state index in [0.29, 0.717) is 11.1 Å². The Balaban J connectivity index is 1.57. The summed E-state index contributed by atoms with van der Waals surface area (Å²) in [5.74, 6) is -0.935. The number of fused-ring (bicyclic) bond motifs is 1. The van der Waals surface area contributed by atoms with Crippen LogP contribution in [-0.2, 0) is 11.3 Å². The number of benzene rings is 2. The average Bonchev–Trinajstić information content (AvgIpc) is 3.19. The summed E-state index contributed by atoms with van der Waals surface area (Å²) in [4.78, 5) is 27.4. The van der Waals surface area contributed by atoms with E-state index in [0.717, 1.165) is 11.2 Å². The van der Waals surface area contributed by atoms with Crippen molar-refractivity contribution in [3.63, 3.8) is 0 Å². The third-order valence-corrected chi connectivity index (χ3v) is 5.06. The number of aromatic nitrogens is 1. The molecule has 0 radical (unpaired) electrons. The summed E-state index contributed by atoms with van der Waals surface area (Å²) < 4.78 is 7.30. The summed E-state index contributed by atoms with van der Waals surface area (Å²) in [7, 11) is 1.66. The van der Waals surface area contributed by atoms with Crippen LogP contribution in [0.25, 0.3) is 5.52 Å². The Morgan fingerprint density at radius 1 is 0.968 bits per heavy atom. The average molecular weight is 409 g/mol. The summed E-state index contributed by atoms with van der Waals surface area (Å²) in [6.45, 7) is -0.0690. The largest absolute Gasteiger partial charge is 0.457 e. The van der Waals surface area contributed by atoms with Gasteiger partial charge in [-0.15, -0.1) is 0 Å². The standard InChI is InChI=1S/C25H19N3O3/c1-27(19-9-3-2-4-10-19)24(29)20-11-5-6-12-21(20)25(30)31-17-18-16-28-14-8-7-13-23(28)22(18)15-26/h2-14,16H,17H2,1H3. The van der Waals surface area contributed by atoms with E-state index in [1.807, 2.05) is 59.1 Å². The first-order chi connectivity index (χ1) is 15.1. The highest BCUT2D eigenvalue weighted by Crippen LogP contribution is 2.21. The van der Waals surface area contributed by atoms with Crippen LogP contribution in [0.15, 0.2) is 85.2 Å². The van der Waals surface area contributed by atoms with E-state index in [1.54, 1.807) is 37.5 Å². The van der Waals surface area contributed by atoms with Crippen molar-refractivity contribution in [2.24, 2.45) is 0 Å². The van der Waals surface area contributed by atoms with Gasteiger partial charge in [-0.1, -0.05) is 36.4 Å². The lowest BCUT2D eigenvalue weighted by Crippen LogP contribution is -2.28. The van der Waals surface area contributed by atoms with Gasteiger partial charge in [0.1, 0.15) is 12.7 Å². The topological polar surface area (TPSA) is 74.8 Å². The molecule has 152 valence electrons. The van der Waals surface area contributed by atoms with Crippen molar-refractivity contribution < 1.29 is 14.3 Å². The molecule has 2 aromatic carbocycles. The van der Waals surface area contributed by atoms with Crippen LogP contribution in [-0.4, -0.2) is 23.3 Å². The Kier molecular flexibility index (Phi) is 5.50. The van der Waals surface area contributed by atoms with Crippen LogP contribution in [0.4, 0.5) is 5.69 Å². The molecule has 0 unspecified atom stereocenters. The maximum absolute atomic E-state index is 13.0. The molecule has 0 aliphatic heterocycles. The van der Waals surface area contributed by atoms with Gasteiger partial charge < -0.3 is 14.0 Å². The number of ether oxygens (including phenoxy) is 1. The highest BCUT2D eigenvalue weighted by atomic mass is 16.5. The Bertz CT molecular complexity index is 1300. The van der Waals surface area contributed by atoms with Crippen LogP contribution in [0, 0.1) is 11.3 Å². The van der Waals surface area contributed by atoms with E-state index >= 15 is 0 Å². The fourth-order valence-corrected chi connectivity index (χ4v) is 3.43. The lowest BCUT2D eigenvalue weighted by molar-refractivity contribution is 0.0469. The number of pyridine rings is 1. The quantitative estimate of drug-likeness (QED) is 0.457. The molecule has 0 aliphatic carbocycles. The number of nitriles is 1. The number of hydrogen-bond acceptors (Lipinski definition) is 4. The number of anilines is 1. The van der Waals surface area contributed by atoms with E-state index in [1.165, 1.54) is 4.90 Å². The van der Waals surface area contributed by atoms with Crippen molar-refractivity contribution in [1.29, 1.82) is 5.26 Å². The molecule has 6 nitrogen and oxygen atoms in total. The van der Waals surface area contributed by atoms with Crippen molar-refractivity contribution in [1.82, 2.24) is 4.40 Å². The first-order valence-electron chi connectivity index (χ1n) is 9.68. The molecule has 0 saturated carbocycles. The Labute approximate surface area is 179 Å². The van der Waals surface area contributed by atoms with Gasteiger partial charge in [0.15, 0.2) is 0 Å². The summed E-state index contributed by atoms with van der Waals surface area (Å²) in [5.41, 5.74) is 2.96. The number of amides is 1. The van der Waals surface area contributed by atoms with Crippen molar-refractivity contribution in [3.8, 4) is 6.07 Å². The van der Waals surface area contributed by atoms with Gasteiger partial charge in [0.2, 0.25) is 0 Å². The second kappa shape index (κ2) is 8.56. The molecule has 1 amide bonds. The monoisotopic (exact) mass is 409 g/mol. The molecular formula is C25H19N3O3. The van der Waals surface area contributed by atoms with Gasteiger partial charge in [-0.3, -0.25) is 4.79 Å². The van der Waals surface area contributed by atoms with Crippen LogP contribution in [0.1, 0.15) is 31.8 Å². The third kappa shape index (κ3) is 3.89. The Hall–Kier alpha value is -4.37. The van der Waals surface area contributed by atoms with E-state index < -0.39 is 5.97 Å². The number of hydrogen-bond donors (Lipinski definition) is 0. The normalized spacial score (nSPS) is 10.5. The molecule has 4 rings (SSSR count). The van der Waals surface area contributed by atoms with Gasteiger partial charge in [0.05, 0.1) is 22.2 Å². The molecule has 0 fully saturated rings. The van der Waals surface area contributed by atoms with E-state index in [4.69, 9.17) is 4.74 Å². The predicted octanol–water partition coefficient (Wildman–Crippen LogP) is 4.44. The van der Waals surface area contributed by atoms with Gasteiger partial charge in [-0.2, -0.15) is 5.26 Å². The third-order valence-electron chi connectivity index (χ3n) is 5.06. The molecule has 0 spiro atoms.